The number of nitrogens with zero attached hydrogens (tertiary/aromatic N) is 2. The largest absolute Gasteiger partial charge is 0.462 e. The van der Waals surface area contributed by atoms with Crippen molar-refractivity contribution in [1.82, 2.24) is 10.2 Å². The fourth-order valence-corrected chi connectivity index (χ4v) is 3.38. The fourth-order valence-electron chi connectivity index (χ4n) is 3.38. The van der Waals surface area contributed by atoms with Crippen LogP contribution in [0, 0.1) is 5.41 Å². The van der Waals surface area contributed by atoms with Gasteiger partial charge in [-0.05, 0) is 50.9 Å². The first-order chi connectivity index (χ1) is 11.0. The first-order valence-corrected chi connectivity index (χ1v) is 9.23. The Balaban J connectivity index is 1.71. The maximum atomic E-state index is 11.8. The number of hydrogen-bond acceptors (Lipinski definition) is 3. The normalized spacial score (nSPS) is 21.7. The number of guanidine groups is 1. The van der Waals surface area contributed by atoms with Crippen molar-refractivity contribution in [2.24, 2.45) is 10.4 Å². The van der Waals surface area contributed by atoms with Crippen LogP contribution in [-0.4, -0.2) is 49.1 Å². The Morgan fingerprint density at radius 1 is 1.35 bits per heavy atom. The van der Waals surface area contributed by atoms with Crippen molar-refractivity contribution in [1.29, 1.82) is 0 Å². The molecule has 5 nitrogen and oxygen atoms in total. The van der Waals surface area contributed by atoms with E-state index in [1.807, 2.05) is 0 Å². The number of nitrogens with one attached hydrogen (secondary N) is 1. The molecule has 0 radical (unpaired) electrons. The number of ether oxygens (including phenoxy) is 1. The summed E-state index contributed by atoms with van der Waals surface area (Å²) in [5, 5.41) is 3.37. The van der Waals surface area contributed by atoms with Crippen molar-refractivity contribution in [2.75, 3.05) is 26.2 Å². The lowest BCUT2D eigenvalue weighted by Gasteiger charge is -2.23. The van der Waals surface area contributed by atoms with Gasteiger partial charge in [0.1, 0.15) is 6.10 Å². The van der Waals surface area contributed by atoms with Crippen LogP contribution < -0.4 is 5.32 Å². The van der Waals surface area contributed by atoms with Crippen LogP contribution in [0.1, 0.15) is 65.7 Å². The molecule has 1 heterocycles. The van der Waals surface area contributed by atoms with E-state index in [2.05, 4.69) is 36.0 Å². The van der Waals surface area contributed by atoms with E-state index in [0.717, 1.165) is 44.9 Å². The molecule has 1 aliphatic heterocycles. The number of likely N-dealkylation sites (tertiary alicyclic amines) is 1. The Kier molecular flexibility index (Phi) is 6.72. The second-order valence-electron chi connectivity index (χ2n) is 7.57. The first kappa shape index (κ1) is 18.1. The molecule has 0 amide bonds. The van der Waals surface area contributed by atoms with Crippen molar-refractivity contribution >= 4 is 11.9 Å². The van der Waals surface area contributed by atoms with Crippen molar-refractivity contribution in [3.63, 3.8) is 0 Å². The minimum absolute atomic E-state index is 0.0561. The summed E-state index contributed by atoms with van der Waals surface area (Å²) in [6, 6.07) is 0. The van der Waals surface area contributed by atoms with Crippen LogP contribution in [0.25, 0.3) is 0 Å². The van der Waals surface area contributed by atoms with E-state index in [1.54, 1.807) is 0 Å². The summed E-state index contributed by atoms with van der Waals surface area (Å²) in [7, 11) is 0. The standard InChI is InChI=1S/C18H33N3O2/c1-4-19-17(21-13-11-18(2,3)14-21)20-12-7-10-16(22)23-15-8-5-6-9-15/h15H,4-14H2,1-3H3,(H,19,20). The lowest BCUT2D eigenvalue weighted by molar-refractivity contribution is -0.148. The van der Waals surface area contributed by atoms with Gasteiger partial charge in [-0.25, -0.2) is 0 Å². The van der Waals surface area contributed by atoms with Crippen LogP contribution in [0.2, 0.25) is 0 Å². The maximum absolute atomic E-state index is 11.8. The zero-order chi connectivity index (χ0) is 16.7. The number of rotatable bonds is 6. The summed E-state index contributed by atoms with van der Waals surface area (Å²) in [5.41, 5.74) is 0.362. The third kappa shape index (κ3) is 6.04. The van der Waals surface area contributed by atoms with Crippen molar-refractivity contribution in [3.8, 4) is 0 Å². The summed E-state index contributed by atoms with van der Waals surface area (Å²) in [4.78, 5) is 18.8. The second kappa shape index (κ2) is 8.55. The van der Waals surface area contributed by atoms with Crippen LogP contribution in [0.4, 0.5) is 0 Å². The van der Waals surface area contributed by atoms with Crippen LogP contribution in [0.15, 0.2) is 4.99 Å². The van der Waals surface area contributed by atoms with Gasteiger partial charge in [-0.15, -0.1) is 0 Å². The Hall–Kier alpha value is -1.26. The Bertz CT molecular complexity index is 414. The molecule has 2 rings (SSSR count). The first-order valence-electron chi connectivity index (χ1n) is 9.23. The molecule has 0 spiro atoms. The lowest BCUT2D eigenvalue weighted by atomic mass is 9.93. The van der Waals surface area contributed by atoms with E-state index in [9.17, 15) is 4.79 Å². The molecule has 1 N–H and O–H groups in total. The van der Waals surface area contributed by atoms with Crippen LogP contribution >= 0.6 is 0 Å². The van der Waals surface area contributed by atoms with E-state index < -0.39 is 0 Å². The molecular weight excluding hydrogens is 290 g/mol. The van der Waals surface area contributed by atoms with Crippen molar-refractivity contribution < 1.29 is 9.53 Å². The zero-order valence-electron chi connectivity index (χ0n) is 15.1. The molecule has 0 aromatic rings. The van der Waals surface area contributed by atoms with Crippen LogP contribution in [0.5, 0.6) is 0 Å². The molecule has 132 valence electrons. The van der Waals surface area contributed by atoms with Crippen molar-refractivity contribution in [3.05, 3.63) is 0 Å². The van der Waals surface area contributed by atoms with E-state index in [1.165, 1.54) is 19.3 Å². The monoisotopic (exact) mass is 323 g/mol. The molecule has 0 aromatic carbocycles. The highest BCUT2D eigenvalue weighted by atomic mass is 16.5. The fraction of sp³-hybridized carbons (Fsp3) is 0.889. The van der Waals surface area contributed by atoms with Gasteiger partial charge >= 0.3 is 5.97 Å². The van der Waals surface area contributed by atoms with Gasteiger partial charge in [-0.1, -0.05) is 13.8 Å². The third-order valence-electron chi connectivity index (χ3n) is 4.71. The zero-order valence-corrected chi connectivity index (χ0v) is 15.1. The number of aliphatic imine (C=N–C) groups is 1. The van der Waals surface area contributed by atoms with Gasteiger partial charge in [0.2, 0.25) is 0 Å². The maximum Gasteiger partial charge on any atom is 0.306 e. The van der Waals surface area contributed by atoms with E-state index in [0.29, 0.717) is 18.4 Å². The highest BCUT2D eigenvalue weighted by Gasteiger charge is 2.30. The van der Waals surface area contributed by atoms with Crippen LogP contribution in [0.3, 0.4) is 0 Å². The highest BCUT2D eigenvalue weighted by Crippen LogP contribution is 2.28. The molecule has 0 unspecified atom stereocenters. The van der Waals surface area contributed by atoms with E-state index in [4.69, 9.17) is 4.74 Å². The number of hydrogen-bond donors (Lipinski definition) is 1. The van der Waals surface area contributed by atoms with Crippen molar-refractivity contribution in [2.45, 2.75) is 71.8 Å². The van der Waals surface area contributed by atoms with Gasteiger partial charge in [0.15, 0.2) is 5.96 Å². The molecule has 23 heavy (non-hydrogen) atoms. The average molecular weight is 323 g/mol. The van der Waals surface area contributed by atoms with Gasteiger partial charge in [0.25, 0.3) is 0 Å². The Morgan fingerprint density at radius 3 is 2.70 bits per heavy atom. The molecule has 2 aliphatic rings. The molecule has 0 aromatic heterocycles. The quantitative estimate of drug-likeness (QED) is 0.353. The number of carbonyl (C=O) groups is 1. The van der Waals surface area contributed by atoms with Gasteiger partial charge in [0.05, 0.1) is 0 Å². The minimum Gasteiger partial charge on any atom is -0.462 e. The molecular formula is C18H33N3O2. The predicted molar refractivity (Wildman–Crippen MR) is 93.5 cm³/mol. The molecule has 1 saturated heterocycles. The summed E-state index contributed by atoms with van der Waals surface area (Å²) in [6.07, 6.45) is 7.09. The predicted octanol–water partition coefficient (Wildman–Crippen LogP) is 2.95. The van der Waals surface area contributed by atoms with Crippen LogP contribution in [-0.2, 0) is 9.53 Å². The molecule has 0 bridgehead atoms. The SMILES string of the molecule is CCNC(=NCCCC(=O)OC1CCCC1)N1CCC(C)(C)C1. The highest BCUT2D eigenvalue weighted by molar-refractivity contribution is 5.80. The topological polar surface area (TPSA) is 53.9 Å². The smallest absolute Gasteiger partial charge is 0.306 e. The molecule has 2 fully saturated rings. The van der Waals surface area contributed by atoms with Gasteiger partial charge in [0, 0.05) is 32.6 Å². The Morgan fingerprint density at radius 2 is 2.09 bits per heavy atom. The summed E-state index contributed by atoms with van der Waals surface area (Å²) in [6.45, 7) is 10.4. The Labute approximate surface area is 140 Å². The number of carbonyl (C=O) groups excluding carboxylic acids is 1. The summed E-state index contributed by atoms with van der Waals surface area (Å²) < 4.78 is 5.48. The minimum atomic E-state index is -0.0561. The lowest BCUT2D eigenvalue weighted by Crippen LogP contribution is -2.40. The second-order valence-corrected chi connectivity index (χ2v) is 7.57. The average Bonchev–Trinajstić information content (AvgIpc) is 3.11. The molecule has 1 aliphatic carbocycles. The molecule has 5 heteroatoms. The molecule has 0 atom stereocenters. The van der Waals surface area contributed by atoms with Gasteiger partial charge in [-0.3, -0.25) is 9.79 Å². The van der Waals surface area contributed by atoms with E-state index >= 15 is 0 Å². The van der Waals surface area contributed by atoms with E-state index in [-0.39, 0.29) is 12.1 Å². The summed E-state index contributed by atoms with van der Waals surface area (Å²) >= 11 is 0. The molecule has 1 saturated carbocycles. The number of esters is 1. The van der Waals surface area contributed by atoms with Gasteiger partial charge in [-0.2, -0.15) is 0 Å². The third-order valence-corrected chi connectivity index (χ3v) is 4.71. The van der Waals surface area contributed by atoms with Gasteiger partial charge < -0.3 is 15.0 Å². The summed E-state index contributed by atoms with van der Waals surface area (Å²) in [5.74, 6) is 0.932.